The van der Waals surface area contributed by atoms with Crippen molar-refractivity contribution in [3.05, 3.63) is 53.6 Å². The number of benzene rings is 2. The Labute approximate surface area is 190 Å². The number of piperidine rings is 1. The highest BCUT2D eigenvalue weighted by Gasteiger charge is 2.58. The summed E-state index contributed by atoms with van der Waals surface area (Å²) >= 11 is 0. The number of hydrogen-bond donors (Lipinski definition) is 2. The van der Waals surface area contributed by atoms with Gasteiger partial charge in [-0.2, -0.15) is 0 Å². The van der Waals surface area contributed by atoms with Crippen molar-refractivity contribution in [2.75, 3.05) is 33.4 Å². The maximum atomic E-state index is 12.7. The minimum Gasteiger partial charge on any atom is -0.504 e. The van der Waals surface area contributed by atoms with Crippen molar-refractivity contribution >= 4 is 5.91 Å². The molecule has 172 valence electrons. The van der Waals surface area contributed by atoms with Gasteiger partial charge in [-0.3, -0.25) is 9.69 Å². The van der Waals surface area contributed by atoms with Crippen LogP contribution in [0.5, 0.6) is 17.2 Å². The standard InChI is InChI=1S/C26H34N2O4/c1-3-32-24-16-19(8-9-22(24)29)18-28-14-11-26(12-15-28)17-21(26)25(30)27-13-10-20-6-4-5-7-23(20)31-2/h4-9,16,21,29H,3,10-15,17-18H2,1-2H3,(H,27,30). The molecule has 4 rings (SSSR count). The first kappa shape index (κ1) is 22.5. The Bertz CT molecular complexity index is 937. The minimum atomic E-state index is 0.153. The highest BCUT2D eigenvalue weighted by atomic mass is 16.5. The number of amides is 1. The molecule has 1 atom stereocenters. The van der Waals surface area contributed by atoms with Crippen LogP contribution in [-0.4, -0.2) is 49.3 Å². The zero-order chi connectivity index (χ0) is 22.6. The van der Waals surface area contributed by atoms with Crippen molar-refractivity contribution in [2.24, 2.45) is 11.3 Å². The van der Waals surface area contributed by atoms with Gasteiger partial charge in [-0.05, 0) is 80.4 Å². The molecule has 1 unspecified atom stereocenters. The Kier molecular flexibility index (Phi) is 6.89. The van der Waals surface area contributed by atoms with Gasteiger partial charge in [0, 0.05) is 19.0 Å². The summed E-state index contributed by atoms with van der Waals surface area (Å²) in [5.41, 5.74) is 2.45. The van der Waals surface area contributed by atoms with E-state index in [1.807, 2.05) is 43.3 Å². The van der Waals surface area contributed by atoms with Crippen molar-refractivity contribution in [3.8, 4) is 17.2 Å². The van der Waals surface area contributed by atoms with Gasteiger partial charge in [-0.15, -0.1) is 0 Å². The first-order valence-electron chi connectivity index (χ1n) is 11.6. The zero-order valence-corrected chi connectivity index (χ0v) is 19.1. The number of ether oxygens (including phenoxy) is 2. The average Bonchev–Trinajstić information content (AvgIpc) is 3.51. The number of nitrogens with zero attached hydrogens (tertiary/aromatic N) is 1. The van der Waals surface area contributed by atoms with E-state index in [2.05, 4.69) is 10.2 Å². The summed E-state index contributed by atoms with van der Waals surface area (Å²) < 4.78 is 10.9. The molecule has 2 N–H and O–H groups in total. The Morgan fingerprint density at radius 2 is 1.97 bits per heavy atom. The van der Waals surface area contributed by atoms with E-state index in [1.54, 1.807) is 13.2 Å². The van der Waals surface area contributed by atoms with Crippen LogP contribution in [0.2, 0.25) is 0 Å². The predicted molar refractivity (Wildman–Crippen MR) is 124 cm³/mol. The Morgan fingerprint density at radius 3 is 2.72 bits per heavy atom. The smallest absolute Gasteiger partial charge is 0.223 e. The number of phenols is 1. The number of aromatic hydroxyl groups is 1. The number of methoxy groups -OCH3 is 1. The number of phenolic OH excluding ortho intramolecular Hbond substituents is 1. The summed E-state index contributed by atoms with van der Waals surface area (Å²) in [7, 11) is 1.68. The lowest BCUT2D eigenvalue weighted by Gasteiger charge is -2.33. The van der Waals surface area contributed by atoms with Crippen LogP contribution in [0.1, 0.15) is 37.3 Å². The maximum absolute atomic E-state index is 12.7. The lowest BCUT2D eigenvalue weighted by molar-refractivity contribution is -0.123. The molecule has 2 aromatic carbocycles. The normalized spacial score (nSPS) is 19.5. The van der Waals surface area contributed by atoms with Crippen LogP contribution in [0.25, 0.3) is 0 Å². The third kappa shape index (κ3) is 5.01. The van der Waals surface area contributed by atoms with Gasteiger partial charge in [-0.25, -0.2) is 0 Å². The third-order valence-electron chi connectivity index (χ3n) is 6.97. The molecule has 1 saturated carbocycles. The van der Waals surface area contributed by atoms with E-state index in [-0.39, 0.29) is 23.0 Å². The lowest BCUT2D eigenvalue weighted by Crippen LogP contribution is -2.37. The third-order valence-corrected chi connectivity index (χ3v) is 6.97. The Balaban J connectivity index is 1.22. The second-order valence-corrected chi connectivity index (χ2v) is 8.98. The van der Waals surface area contributed by atoms with Crippen LogP contribution in [0.3, 0.4) is 0 Å². The average molecular weight is 439 g/mol. The number of nitrogens with one attached hydrogen (secondary N) is 1. The fourth-order valence-corrected chi connectivity index (χ4v) is 4.97. The van der Waals surface area contributed by atoms with Crippen molar-refractivity contribution in [3.63, 3.8) is 0 Å². The molecule has 1 heterocycles. The largest absolute Gasteiger partial charge is 0.504 e. The van der Waals surface area contributed by atoms with Gasteiger partial charge in [0.05, 0.1) is 13.7 Å². The highest BCUT2D eigenvalue weighted by Crippen LogP contribution is 2.59. The quantitative estimate of drug-likeness (QED) is 0.624. The van der Waals surface area contributed by atoms with Crippen LogP contribution in [-0.2, 0) is 17.8 Å². The topological polar surface area (TPSA) is 71.0 Å². The molecule has 32 heavy (non-hydrogen) atoms. The molecule has 2 fully saturated rings. The van der Waals surface area contributed by atoms with E-state index in [0.717, 1.165) is 62.2 Å². The van der Waals surface area contributed by atoms with Gasteiger partial charge < -0.3 is 19.9 Å². The summed E-state index contributed by atoms with van der Waals surface area (Å²) in [5, 5.41) is 13.0. The summed E-state index contributed by atoms with van der Waals surface area (Å²) in [6.45, 7) is 5.92. The highest BCUT2D eigenvalue weighted by molar-refractivity contribution is 5.82. The molecule has 6 nitrogen and oxygen atoms in total. The first-order chi connectivity index (χ1) is 15.5. The first-order valence-corrected chi connectivity index (χ1v) is 11.6. The van der Waals surface area contributed by atoms with Crippen molar-refractivity contribution in [1.29, 1.82) is 0 Å². The number of likely N-dealkylation sites (tertiary alicyclic amines) is 1. The molecule has 1 spiro atoms. The van der Waals surface area contributed by atoms with Crippen molar-refractivity contribution < 1.29 is 19.4 Å². The van der Waals surface area contributed by atoms with Crippen LogP contribution in [0.4, 0.5) is 0 Å². The number of hydrogen-bond acceptors (Lipinski definition) is 5. The van der Waals surface area contributed by atoms with Gasteiger partial charge in [0.1, 0.15) is 5.75 Å². The molecule has 0 aromatic heterocycles. The van der Waals surface area contributed by atoms with Crippen molar-refractivity contribution in [1.82, 2.24) is 10.2 Å². The number of rotatable bonds is 9. The molecule has 1 saturated heterocycles. The molecular formula is C26H34N2O4. The van der Waals surface area contributed by atoms with Crippen LogP contribution < -0.4 is 14.8 Å². The van der Waals surface area contributed by atoms with E-state index in [4.69, 9.17) is 9.47 Å². The molecule has 1 aliphatic carbocycles. The molecule has 1 amide bonds. The number of carbonyl (C=O) groups is 1. The van der Waals surface area contributed by atoms with E-state index in [0.29, 0.717) is 18.9 Å². The number of para-hydroxylation sites is 1. The lowest BCUT2D eigenvalue weighted by atomic mass is 9.90. The molecule has 1 aliphatic heterocycles. The van der Waals surface area contributed by atoms with Crippen molar-refractivity contribution in [2.45, 2.75) is 39.2 Å². The monoisotopic (exact) mass is 438 g/mol. The maximum Gasteiger partial charge on any atom is 0.223 e. The molecule has 0 bridgehead atoms. The van der Waals surface area contributed by atoms with E-state index in [9.17, 15) is 9.90 Å². The molecular weight excluding hydrogens is 404 g/mol. The van der Waals surface area contributed by atoms with Gasteiger partial charge in [0.2, 0.25) is 5.91 Å². The molecule has 6 heteroatoms. The predicted octanol–water partition coefficient (Wildman–Crippen LogP) is 3.76. The summed E-state index contributed by atoms with van der Waals surface area (Å²) in [5.74, 6) is 1.96. The fourth-order valence-electron chi connectivity index (χ4n) is 4.97. The Morgan fingerprint density at radius 1 is 1.19 bits per heavy atom. The van der Waals surface area contributed by atoms with Crippen LogP contribution in [0, 0.1) is 11.3 Å². The van der Waals surface area contributed by atoms with Gasteiger partial charge in [0.15, 0.2) is 11.5 Å². The van der Waals surface area contributed by atoms with E-state index >= 15 is 0 Å². The summed E-state index contributed by atoms with van der Waals surface area (Å²) in [4.78, 5) is 15.2. The SMILES string of the molecule is CCOc1cc(CN2CCC3(CC2)CC3C(=O)NCCc2ccccc2OC)ccc1O. The number of carbonyl (C=O) groups excluding carboxylic acids is 1. The second kappa shape index (κ2) is 9.82. The molecule has 2 aliphatic rings. The second-order valence-electron chi connectivity index (χ2n) is 8.98. The van der Waals surface area contributed by atoms with E-state index < -0.39 is 0 Å². The molecule has 2 aromatic rings. The van der Waals surface area contributed by atoms with E-state index in [1.165, 1.54) is 0 Å². The minimum absolute atomic E-state index is 0.153. The van der Waals surface area contributed by atoms with Gasteiger partial charge in [-0.1, -0.05) is 24.3 Å². The van der Waals surface area contributed by atoms with Gasteiger partial charge >= 0.3 is 0 Å². The van der Waals surface area contributed by atoms with Gasteiger partial charge in [0.25, 0.3) is 0 Å². The van der Waals surface area contributed by atoms with Crippen LogP contribution >= 0.6 is 0 Å². The van der Waals surface area contributed by atoms with Crippen LogP contribution in [0.15, 0.2) is 42.5 Å². The summed E-state index contributed by atoms with van der Waals surface area (Å²) in [6.07, 6.45) is 3.91. The molecule has 0 radical (unpaired) electrons. The summed E-state index contributed by atoms with van der Waals surface area (Å²) in [6, 6.07) is 13.6. The fraction of sp³-hybridized carbons (Fsp3) is 0.500. The Hall–Kier alpha value is -2.73. The zero-order valence-electron chi connectivity index (χ0n) is 19.1.